The molecule has 0 radical (unpaired) electrons. The van der Waals surface area contributed by atoms with E-state index in [4.69, 9.17) is 0 Å². The van der Waals surface area contributed by atoms with Crippen molar-refractivity contribution in [2.24, 2.45) is 17.3 Å². The van der Waals surface area contributed by atoms with Crippen molar-refractivity contribution in [3.8, 4) is 0 Å². The molecule has 0 aromatic heterocycles. The van der Waals surface area contributed by atoms with E-state index < -0.39 is 0 Å². The topological polar surface area (TPSA) is 12.0 Å². The molecule has 19 heavy (non-hydrogen) atoms. The lowest BCUT2D eigenvalue weighted by atomic mass is 9.77. The molecule has 0 saturated heterocycles. The minimum absolute atomic E-state index is 0.133. The van der Waals surface area contributed by atoms with Gasteiger partial charge in [0.2, 0.25) is 0 Å². The fourth-order valence-electron chi connectivity index (χ4n) is 3.89. The summed E-state index contributed by atoms with van der Waals surface area (Å²) in [6.07, 6.45) is 5.07. The van der Waals surface area contributed by atoms with E-state index in [0.717, 1.165) is 41.4 Å². The van der Waals surface area contributed by atoms with Gasteiger partial charge in [-0.15, -0.1) is 0 Å². The fourth-order valence-corrected chi connectivity index (χ4v) is 4.41. The Hall–Kier alpha value is -0.410. The number of hydrogen-bond donors (Lipinski definition) is 1. The van der Waals surface area contributed by atoms with Gasteiger partial charge in [-0.3, -0.25) is 0 Å². The molecule has 104 valence electrons. The lowest BCUT2D eigenvalue weighted by Crippen LogP contribution is -2.35. The largest absolute Gasteiger partial charge is 0.316 e. The Morgan fingerprint density at radius 3 is 2.68 bits per heavy atom. The van der Waals surface area contributed by atoms with E-state index in [1.54, 1.807) is 6.07 Å². The number of nitrogens with one attached hydrogen (secondary N) is 1. The van der Waals surface area contributed by atoms with Crippen LogP contribution in [0.2, 0.25) is 0 Å². The molecule has 0 amide bonds. The molecule has 1 N–H and O–H groups in total. The van der Waals surface area contributed by atoms with Gasteiger partial charge in [-0.05, 0) is 73.2 Å². The normalized spacial score (nSPS) is 32.4. The Morgan fingerprint density at radius 1 is 1.32 bits per heavy atom. The molecule has 1 nitrogen and oxygen atoms in total. The lowest BCUT2D eigenvalue weighted by molar-refractivity contribution is 0.250. The van der Waals surface area contributed by atoms with Gasteiger partial charge in [0.05, 0.1) is 0 Å². The first-order valence-corrected chi connectivity index (χ1v) is 8.05. The summed E-state index contributed by atoms with van der Waals surface area (Å²) in [6, 6.07) is 5.30. The molecular formula is C16H21BrFN. The molecule has 3 rings (SSSR count). The predicted molar refractivity (Wildman–Crippen MR) is 79.6 cm³/mol. The van der Waals surface area contributed by atoms with Gasteiger partial charge in [-0.1, -0.05) is 22.9 Å². The summed E-state index contributed by atoms with van der Waals surface area (Å²) in [4.78, 5) is 0. The van der Waals surface area contributed by atoms with Crippen molar-refractivity contribution in [3.63, 3.8) is 0 Å². The van der Waals surface area contributed by atoms with Crippen molar-refractivity contribution < 1.29 is 4.39 Å². The third-order valence-electron chi connectivity index (χ3n) is 4.71. The highest BCUT2D eigenvalue weighted by molar-refractivity contribution is 9.10. The summed E-state index contributed by atoms with van der Waals surface area (Å²) < 4.78 is 14.4. The van der Waals surface area contributed by atoms with Gasteiger partial charge in [0.1, 0.15) is 5.82 Å². The van der Waals surface area contributed by atoms with Crippen molar-refractivity contribution in [1.82, 2.24) is 5.32 Å². The first-order chi connectivity index (χ1) is 9.10. The molecule has 2 saturated carbocycles. The van der Waals surface area contributed by atoms with Gasteiger partial charge in [0.15, 0.2) is 0 Å². The Labute approximate surface area is 123 Å². The monoisotopic (exact) mass is 325 g/mol. The number of rotatable bonds is 5. The summed E-state index contributed by atoms with van der Waals surface area (Å²) in [5.41, 5.74) is 1.49. The molecule has 1 aromatic carbocycles. The van der Waals surface area contributed by atoms with Crippen LogP contribution in [0.4, 0.5) is 4.39 Å². The summed E-state index contributed by atoms with van der Waals surface area (Å²) >= 11 is 3.40. The minimum Gasteiger partial charge on any atom is -0.316 e. The van der Waals surface area contributed by atoms with Crippen molar-refractivity contribution in [2.45, 2.75) is 32.6 Å². The van der Waals surface area contributed by atoms with Gasteiger partial charge in [-0.25, -0.2) is 4.39 Å². The molecule has 3 heteroatoms. The maximum Gasteiger partial charge on any atom is 0.124 e. The van der Waals surface area contributed by atoms with E-state index in [9.17, 15) is 4.39 Å². The van der Waals surface area contributed by atoms with E-state index in [-0.39, 0.29) is 5.82 Å². The first-order valence-electron chi connectivity index (χ1n) is 7.26. The molecule has 2 aliphatic carbocycles. The Balaban J connectivity index is 1.77. The quantitative estimate of drug-likeness (QED) is 0.857. The summed E-state index contributed by atoms with van der Waals surface area (Å²) in [5, 5.41) is 3.52. The van der Waals surface area contributed by atoms with Gasteiger partial charge < -0.3 is 5.32 Å². The summed E-state index contributed by atoms with van der Waals surface area (Å²) in [7, 11) is 0. The van der Waals surface area contributed by atoms with Crippen LogP contribution in [-0.2, 0) is 6.42 Å². The van der Waals surface area contributed by atoms with Crippen LogP contribution in [-0.4, -0.2) is 13.1 Å². The van der Waals surface area contributed by atoms with Gasteiger partial charge in [-0.2, -0.15) is 0 Å². The molecule has 0 aliphatic heterocycles. The molecule has 1 aromatic rings. The Bertz CT molecular complexity index is 444. The van der Waals surface area contributed by atoms with Crippen LogP contribution in [0, 0.1) is 23.1 Å². The zero-order valence-corrected chi connectivity index (χ0v) is 13.0. The molecule has 2 fully saturated rings. The second-order valence-corrected chi connectivity index (χ2v) is 7.31. The summed E-state index contributed by atoms with van der Waals surface area (Å²) in [6.45, 7) is 4.25. The average Bonchev–Trinajstić information content (AvgIpc) is 2.94. The molecule has 2 atom stereocenters. The highest BCUT2D eigenvalue weighted by Crippen LogP contribution is 2.60. The molecule has 2 aliphatic rings. The number of hydrogen-bond acceptors (Lipinski definition) is 1. The first kappa shape index (κ1) is 13.6. The average molecular weight is 326 g/mol. The van der Waals surface area contributed by atoms with Crippen molar-refractivity contribution >= 4 is 15.9 Å². The maximum absolute atomic E-state index is 13.5. The van der Waals surface area contributed by atoms with Crippen LogP contribution < -0.4 is 5.32 Å². The van der Waals surface area contributed by atoms with Gasteiger partial charge >= 0.3 is 0 Å². The third kappa shape index (κ3) is 3.03. The summed E-state index contributed by atoms with van der Waals surface area (Å²) in [5.74, 6) is 1.78. The Morgan fingerprint density at radius 2 is 2.05 bits per heavy atom. The minimum atomic E-state index is -0.133. The van der Waals surface area contributed by atoms with Crippen LogP contribution in [0.15, 0.2) is 22.7 Å². The van der Waals surface area contributed by atoms with E-state index in [0.29, 0.717) is 5.41 Å². The molecule has 0 bridgehead atoms. The van der Waals surface area contributed by atoms with Crippen LogP contribution in [0.25, 0.3) is 0 Å². The highest BCUT2D eigenvalue weighted by atomic mass is 79.9. The molecular weight excluding hydrogens is 305 g/mol. The van der Waals surface area contributed by atoms with E-state index in [2.05, 4.69) is 34.2 Å². The van der Waals surface area contributed by atoms with Crippen molar-refractivity contribution in [3.05, 3.63) is 34.1 Å². The van der Waals surface area contributed by atoms with E-state index in [1.807, 2.05) is 0 Å². The fraction of sp³-hybridized carbons (Fsp3) is 0.625. The number of benzene rings is 1. The maximum atomic E-state index is 13.5. The van der Waals surface area contributed by atoms with Crippen LogP contribution >= 0.6 is 15.9 Å². The van der Waals surface area contributed by atoms with E-state index >= 15 is 0 Å². The SMILES string of the molecule is CCNCC1(Cc2cc(F)cc(Br)c2)CC2CC2C1. The van der Waals surface area contributed by atoms with Crippen molar-refractivity contribution in [1.29, 1.82) is 0 Å². The van der Waals surface area contributed by atoms with Crippen LogP contribution in [0.1, 0.15) is 31.7 Å². The van der Waals surface area contributed by atoms with Crippen LogP contribution in [0.5, 0.6) is 0 Å². The zero-order valence-electron chi connectivity index (χ0n) is 11.4. The Kier molecular flexibility index (Phi) is 3.69. The van der Waals surface area contributed by atoms with Gasteiger partial charge in [0, 0.05) is 11.0 Å². The number of halogens is 2. The molecule has 0 spiro atoms. The van der Waals surface area contributed by atoms with Crippen molar-refractivity contribution in [2.75, 3.05) is 13.1 Å². The smallest absolute Gasteiger partial charge is 0.124 e. The zero-order chi connectivity index (χ0) is 13.5. The van der Waals surface area contributed by atoms with E-state index in [1.165, 1.54) is 25.3 Å². The highest BCUT2D eigenvalue weighted by Gasteiger charge is 2.53. The standard InChI is InChI=1S/C16H21BrFN/c1-2-19-10-16(8-12-5-13(12)9-16)7-11-3-14(17)6-15(18)4-11/h3-4,6,12-13,19H,2,5,7-10H2,1H3. The predicted octanol–water partition coefficient (Wildman–Crippen LogP) is 4.16. The third-order valence-corrected chi connectivity index (χ3v) is 5.17. The van der Waals surface area contributed by atoms with Gasteiger partial charge in [0.25, 0.3) is 0 Å². The molecule has 0 heterocycles. The lowest BCUT2D eigenvalue weighted by Gasteiger charge is -2.31. The second kappa shape index (κ2) is 5.17. The number of fused-ring (bicyclic) bond motifs is 1. The second-order valence-electron chi connectivity index (χ2n) is 6.40. The van der Waals surface area contributed by atoms with Crippen LogP contribution in [0.3, 0.4) is 0 Å². The molecule has 2 unspecified atom stereocenters.